The molecule has 2 unspecified atom stereocenters. The van der Waals surface area contributed by atoms with Crippen LogP contribution in [-0.2, 0) is 5.41 Å². The van der Waals surface area contributed by atoms with E-state index in [2.05, 4.69) is 146 Å². The number of nitrogens with zero attached hydrogens (tertiary/aromatic N) is 3. The fraction of sp³-hybridized carbons (Fsp3) is 0.128. The van der Waals surface area contributed by atoms with Gasteiger partial charge in [-0.2, -0.15) is 0 Å². The van der Waals surface area contributed by atoms with Crippen LogP contribution in [0.1, 0.15) is 59.8 Å². The summed E-state index contributed by atoms with van der Waals surface area (Å²) in [7, 11) is 0. The lowest BCUT2D eigenvalue weighted by atomic mass is 9.63. The van der Waals surface area contributed by atoms with Gasteiger partial charge in [0, 0.05) is 27.8 Å². The average molecular weight is 658 g/mol. The number of ether oxygens (including phenoxy) is 1. The molecule has 3 heterocycles. The van der Waals surface area contributed by atoms with E-state index in [0.29, 0.717) is 11.7 Å². The maximum atomic E-state index is 6.71. The summed E-state index contributed by atoms with van der Waals surface area (Å²) < 4.78 is 6.71. The smallest absolute Gasteiger partial charge is 0.175 e. The molecule has 4 aliphatic rings. The lowest BCUT2D eigenvalue weighted by Gasteiger charge is -2.42. The van der Waals surface area contributed by atoms with Crippen LogP contribution in [0.3, 0.4) is 0 Å². The van der Waals surface area contributed by atoms with E-state index < -0.39 is 5.41 Å². The molecule has 244 valence electrons. The molecule has 10 rings (SSSR count). The summed E-state index contributed by atoms with van der Waals surface area (Å²) in [6.07, 6.45) is 9.59. The zero-order valence-electron chi connectivity index (χ0n) is 28.4. The van der Waals surface area contributed by atoms with Crippen LogP contribution in [0.25, 0.3) is 33.8 Å². The predicted octanol–water partition coefficient (Wildman–Crippen LogP) is 11.2. The molecule has 4 heteroatoms. The number of rotatable bonds is 4. The van der Waals surface area contributed by atoms with Crippen LogP contribution in [0.15, 0.2) is 162 Å². The SMILES string of the molecule is CC1C=CC2=C(C1)C1(c3ccccc3Oc3ccc(C4=CCCC(c5nc(-c6ccccc6)cc(-c6ccccc6)n5)=N4)cc31)c1ccccc12. The fourth-order valence-electron chi connectivity index (χ4n) is 8.52. The van der Waals surface area contributed by atoms with Crippen molar-refractivity contribution in [2.45, 2.75) is 31.6 Å². The van der Waals surface area contributed by atoms with Gasteiger partial charge in [0.05, 0.1) is 28.2 Å². The van der Waals surface area contributed by atoms with Crippen LogP contribution < -0.4 is 4.74 Å². The molecular formula is C47H35N3O. The number of aromatic nitrogens is 2. The van der Waals surface area contributed by atoms with E-state index in [9.17, 15) is 0 Å². The molecule has 2 atom stereocenters. The van der Waals surface area contributed by atoms with Crippen molar-refractivity contribution in [3.05, 3.63) is 191 Å². The zero-order chi connectivity index (χ0) is 33.9. The molecule has 51 heavy (non-hydrogen) atoms. The third-order valence-electron chi connectivity index (χ3n) is 10.8. The first-order valence-electron chi connectivity index (χ1n) is 17.9. The maximum Gasteiger partial charge on any atom is 0.175 e. The van der Waals surface area contributed by atoms with Crippen LogP contribution >= 0.6 is 0 Å². The van der Waals surface area contributed by atoms with Crippen molar-refractivity contribution < 1.29 is 4.74 Å². The van der Waals surface area contributed by atoms with Crippen molar-refractivity contribution >= 4 is 17.0 Å². The van der Waals surface area contributed by atoms with E-state index in [-0.39, 0.29) is 0 Å². The first-order valence-corrected chi connectivity index (χ1v) is 17.9. The van der Waals surface area contributed by atoms with Crippen molar-refractivity contribution in [1.82, 2.24) is 9.97 Å². The molecule has 2 aliphatic carbocycles. The summed E-state index contributed by atoms with van der Waals surface area (Å²) in [4.78, 5) is 15.5. The Bertz CT molecular complexity index is 2430. The van der Waals surface area contributed by atoms with E-state index in [1.807, 2.05) is 12.1 Å². The van der Waals surface area contributed by atoms with Crippen molar-refractivity contribution in [3.8, 4) is 34.0 Å². The van der Waals surface area contributed by atoms with Crippen LogP contribution in [-0.4, -0.2) is 15.7 Å². The minimum atomic E-state index is -0.454. The van der Waals surface area contributed by atoms with Crippen molar-refractivity contribution in [2.75, 3.05) is 0 Å². The van der Waals surface area contributed by atoms with Gasteiger partial charge in [-0.3, -0.25) is 0 Å². The number of hydrogen-bond acceptors (Lipinski definition) is 4. The molecule has 0 radical (unpaired) electrons. The first-order chi connectivity index (χ1) is 25.2. The van der Waals surface area contributed by atoms with Gasteiger partial charge in [0.15, 0.2) is 5.82 Å². The molecule has 0 bridgehead atoms. The third kappa shape index (κ3) is 4.70. The maximum absolute atomic E-state index is 6.71. The Hall–Kier alpha value is -6.13. The Morgan fingerprint density at radius 3 is 2.08 bits per heavy atom. The summed E-state index contributed by atoms with van der Waals surface area (Å²) in [6.45, 7) is 2.32. The van der Waals surface area contributed by atoms with Gasteiger partial charge in [-0.05, 0) is 77.8 Å². The molecule has 0 fully saturated rings. The Morgan fingerprint density at radius 2 is 1.31 bits per heavy atom. The standard InChI is InChI=1S/C47H35N3O/c1-30-23-25-35-34-17-8-9-18-36(34)47(38(35)27-30)37-19-10-11-22-44(37)51-45-26-24-33(28-39(45)47)40-20-12-21-41(48-40)46-49-42(31-13-4-2-5-14-31)29-43(50-46)32-15-6-3-7-16-32/h2-11,13-20,22-26,28-30H,12,21,27H2,1H3. The van der Waals surface area contributed by atoms with E-state index in [4.69, 9.17) is 19.7 Å². The second-order valence-electron chi connectivity index (χ2n) is 13.9. The second kappa shape index (κ2) is 11.7. The molecule has 1 spiro atoms. The first kappa shape index (κ1) is 29.8. The van der Waals surface area contributed by atoms with Gasteiger partial charge in [-0.25, -0.2) is 15.0 Å². The minimum Gasteiger partial charge on any atom is -0.457 e. The second-order valence-corrected chi connectivity index (χ2v) is 13.9. The molecule has 5 aromatic carbocycles. The van der Waals surface area contributed by atoms with Crippen LogP contribution in [0.4, 0.5) is 0 Å². The summed E-state index contributed by atoms with van der Waals surface area (Å²) in [5.41, 5.74) is 14.2. The van der Waals surface area contributed by atoms with Gasteiger partial charge in [0.25, 0.3) is 0 Å². The number of para-hydroxylation sites is 1. The number of aliphatic imine (C=N–C) groups is 1. The normalized spacial score (nSPS) is 19.7. The number of fused-ring (bicyclic) bond motifs is 8. The van der Waals surface area contributed by atoms with Gasteiger partial charge in [-0.1, -0.05) is 128 Å². The minimum absolute atomic E-state index is 0.442. The summed E-state index contributed by atoms with van der Waals surface area (Å²) in [6, 6.07) is 47.0. The predicted molar refractivity (Wildman–Crippen MR) is 206 cm³/mol. The quantitative estimate of drug-likeness (QED) is 0.190. The van der Waals surface area contributed by atoms with Gasteiger partial charge < -0.3 is 4.74 Å². The summed E-state index contributed by atoms with van der Waals surface area (Å²) in [5.74, 6) is 2.94. The molecule has 0 N–H and O–H groups in total. The molecule has 0 saturated heterocycles. The number of benzene rings is 5. The van der Waals surface area contributed by atoms with Gasteiger partial charge >= 0.3 is 0 Å². The molecule has 0 saturated carbocycles. The lowest BCUT2D eigenvalue weighted by molar-refractivity contribution is 0.429. The number of allylic oxidation sites excluding steroid dienone is 5. The van der Waals surface area contributed by atoms with Crippen molar-refractivity contribution in [1.29, 1.82) is 0 Å². The highest BCUT2D eigenvalue weighted by Gasteiger charge is 2.52. The van der Waals surface area contributed by atoms with E-state index in [0.717, 1.165) is 70.2 Å². The molecule has 6 aromatic rings. The fourth-order valence-corrected chi connectivity index (χ4v) is 8.52. The van der Waals surface area contributed by atoms with Crippen molar-refractivity contribution in [3.63, 3.8) is 0 Å². The van der Waals surface area contributed by atoms with Crippen LogP contribution in [0.2, 0.25) is 0 Å². The highest BCUT2D eigenvalue weighted by Crippen LogP contribution is 2.63. The van der Waals surface area contributed by atoms with Crippen molar-refractivity contribution in [2.24, 2.45) is 10.9 Å². The summed E-state index contributed by atoms with van der Waals surface area (Å²) in [5, 5.41) is 0. The Kier molecular flexibility index (Phi) is 6.85. The molecule has 1 aromatic heterocycles. The number of hydrogen-bond donors (Lipinski definition) is 0. The largest absolute Gasteiger partial charge is 0.457 e. The Labute approximate surface area is 298 Å². The van der Waals surface area contributed by atoms with Crippen LogP contribution in [0.5, 0.6) is 11.5 Å². The Balaban J connectivity index is 1.13. The average Bonchev–Trinajstić information content (AvgIpc) is 3.48. The zero-order valence-corrected chi connectivity index (χ0v) is 28.4. The highest BCUT2D eigenvalue weighted by atomic mass is 16.5. The van der Waals surface area contributed by atoms with Gasteiger partial charge in [0.2, 0.25) is 0 Å². The highest BCUT2D eigenvalue weighted by molar-refractivity contribution is 6.03. The van der Waals surface area contributed by atoms with Crippen LogP contribution in [0, 0.1) is 5.92 Å². The van der Waals surface area contributed by atoms with E-state index in [1.54, 1.807) is 0 Å². The van der Waals surface area contributed by atoms with E-state index >= 15 is 0 Å². The molecular weight excluding hydrogens is 623 g/mol. The van der Waals surface area contributed by atoms with Gasteiger partial charge in [-0.15, -0.1) is 0 Å². The molecule has 2 aliphatic heterocycles. The summed E-state index contributed by atoms with van der Waals surface area (Å²) >= 11 is 0. The van der Waals surface area contributed by atoms with Gasteiger partial charge in [0.1, 0.15) is 11.5 Å². The lowest BCUT2D eigenvalue weighted by Crippen LogP contribution is -2.34. The van der Waals surface area contributed by atoms with E-state index in [1.165, 1.54) is 33.4 Å². The molecule has 0 amide bonds. The topological polar surface area (TPSA) is 47.4 Å². The molecule has 4 nitrogen and oxygen atoms in total. The Morgan fingerprint density at radius 1 is 0.647 bits per heavy atom. The monoisotopic (exact) mass is 657 g/mol. The third-order valence-corrected chi connectivity index (χ3v) is 10.8.